The van der Waals surface area contributed by atoms with Gasteiger partial charge in [-0.2, -0.15) is 4.37 Å². The van der Waals surface area contributed by atoms with Gasteiger partial charge < -0.3 is 9.80 Å². The molecule has 6 nitrogen and oxygen atoms in total. The molecule has 100 valence electrons. The highest BCUT2D eigenvalue weighted by molar-refractivity contribution is 7.09. The van der Waals surface area contributed by atoms with Crippen molar-refractivity contribution in [1.29, 1.82) is 0 Å². The van der Waals surface area contributed by atoms with E-state index in [-0.39, 0.29) is 0 Å². The summed E-state index contributed by atoms with van der Waals surface area (Å²) in [7, 11) is 0. The summed E-state index contributed by atoms with van der Waals surface area (Å²) in [5, 5.41) is 1.01. The van der Waals surface area contributed by atoms with Gasteiger partial charge in [0, 0.05) is 49.5 Å². The lowest BCUT2D eigenvalue weighted by molar-refractivity contribution is 0.644. The lowest BCUT2D eigenvalue weighted by atomic mass is 10.3. The molecule has 0 N–H and O–H groups in total. The first-order valence-corrected chi connectivity index (χ1v) is 7.08. The molecule has 0 saturated carbocycles. The molecule has 0 radical (unpaired) electrons. The van der Waals surface area contributed by atoms with Crippen LogP contribution in [0.2, 0.25) is 0 Å². The van der Waals surface area contributed by atoms with E-state index < -0.39 is 0 Å². The number of anilines is 2. The van der Waals surface area contributed by atoms with Gasteiger partial charge in [-0.3, -0.25) is 0 Å². The summed E-state index contributed by atoms with van der Waals surface area (Å²) >= 11 is 1.45. The third kappa shape index (κ3) is 2.65. The number of hydrogen-bond acceptors (Lipinski definition) is 7. The Balaban J connectivity index is 1.70. The Morgan fingerprint density at radius 3 is 2.42 bits per heavy atom. The van der Waals surface area contributed by atoms with Crippen LogP contribution in [0.1, 0.15) is 11.5 Å². The molecule has 1 aliphatic heterocycles. The lowest BCUT2D eigenvalue weighted by Crippen LogP contribution is -2.46. The van der Waals surface area contributed by atoms with Crippen LogP contribution in [-0.2, 0) is 0 Å². The molecule has 19 heavy (non-hydrogen) atoms. The number of rotatable bonds is 2. The molecule has 1 fully saturated rings. The average Bonchev–Trinajstić information content (AvgIpc) is 2.91. The number of piperazine rings is 1. The Morgan fingerprint density at radius 1 is 1.05 bits per heavy atom. The summed E-state index contributed by atoms with van der Waals surface area (Å²) in [6, 6.07) is 2.05. The smallest absolute Gasteiger partial charge is 0.205 e. The number of nitrogens with zero attached hydrogens (tertiary/aromatic N) is 6. The molecule has 0 aromatic carbocycles. The minimum absolute atomic E-state index is 0.835. The molecule has 7 heteroatoms. The zero-order valence-corrected chi connectivity index (χ0v) is 11.9. The molecule has 2 aromatic rings. The van der Waals surface area contributed by atoms with Crippen LogP contribution in [0.5, 0.6) is 0 Å². The monoisotopic (exact) mass is 276 g/mol. The van der Waals surface area contributed by atoms with Crippen LogP contribution in [0.15, 0.2) is 12.4 Å². The van der Waals surface area contributed by atoms with E-state index in [0.29, 0.717) is 0 Å². The second-order valence-corrected chi connectivity index (χ2v) is 5.37. The molecule has 1 aliphatic rings. The fourth-order valence-electron chi connectivity index (χ4n) is 2.29. The van der Waals surface area contributed by atoms with E-state index in [4.69, 9.17) is 0 Å². The highest BCUT2D eigenvalue weighted by Gasteiger charge is 2.20. The third-order valence-electron chi connectivity index (χ3n) is 3.18. The van der Waals surface area contributed by atoms with Gasteiger partial charge in [-0.1, -0.05) is 0 Å². The van der Waals surface area contributed by atoms with Crippen LogP contribution in [0.4, 0.5) is 10.9 Å². The largest absolute Gasteiger partial charge is 0.353 e. The molecule has 0 amide bonds. The molecule has 1 saturated heterocycles. The SMILES string of the molecule is Cc1cc(N2CCN(c3ncns3)CC2)nc(C)n1. The molecule has 3 rings (SSSR count). The van der Waals surface area contributed by atoms with E-state index >= 15 is 0 Å². The highest BCUT2D eigenvalue weighted by atomic mass is 32.1. The summed E-state index contributed by atoms with van der Waals surface area (Å²) in [5.74, 6) is 1.86. The van der Waals surface area contributed by atoms with E-state index in [9.17, 15) is 0 Å². The first-order chi connectivity index (χ1) is 9.22. The number of aryl methyl sites for hydroxylation is 2. The third-order valence-corrected chi connectivity index (χ3v) is 3.90. The zero-order chi connectivity index (χ0) is 13.2. The van der Waals surface area contributed by atoms with Crippen molar-refractivity contribution in [3.63, 3.8) is 0 Å². The predicted octanol–water partition coefficient (Wildman–Crippen LogP) is 1.27. The second kappa shape index (κ2) is 5.08. The highest BCUT2D eigenvalue weighted by Crippen LogP contribution is 2.20. The number of hydrogen-bond donors (Lipinski definition) is 0. The maximum absolute atomic E-state index is 4.52. The van der Waals surface area contributed by atoms with E-state index in [2.05, 4.69) is 29.1 Å². The van der Waals surface area contributed by atoms with Gasteiger partial charge >= 0.3 is 0 Å². The Labute approximate surface area is 116 Å². The zero-order valence-electron chi connectivity index (χ0n) is 11.1. The van der Waals surface area contributed by atoms with Gasteiger partial charge in [0.15, 0.2) is 0 Å². The van der Waals surface area contributed by atoms with Crippen molar-refractivity contribution in [1.82, 2.24) is 19.3 Å². The van der Waals surface area contributed by atoms with Crippen molar-refractivity contribution < 1.29 is 0 Å². The molecule has 0 spiro atoms. The van der Waals surface area contributed by atoms with E-state index in [1.165, 1.54) is 11.5 Å². The van der Waals surface area contributed by atoms with Gasteiger partial charge in [-0.05, 0) is 13.8 Å². The Morgan fingerprint density at radius 2 is 1.79 bits per heavy atom. The predicted molar refractivity (Wildman–Crippen MR) is 75.8 cm³/mol. The fourth-order valence-corrected chi connectivity index (χ4v) is 2.87. The Bertz CT molecular complexity index is 527. The van der Waals surface area contributed by atoms with E-state index in [0.717, 1.165) is 48.6 Å². The van der Waals surface area contributed by atoms with Crippen LogP contribution in [0, 0.1) is 13.8 Å². The molecule has 0 bridgehead atoms. The van der Waals surface area contributed by atoms with Crippen molar-refractivity contribution in [3.05, 3.63) is 23.9 Å². The van der Waals surface area contributed by atoms with Gasteiger partial charge in [0.05, 0.1) is 0 Å². The van der Waals surface area contributed by atoms with Crippen molar-refractivity contribution >= 4 is 22.5 Å². The van der Waals surface area contributed by atoms with Gasteiger partial charge in [0.1, 0.15) is 18.0 Å². The normalized spacial score (nSPS) is 15.9. The van der Waals surface area contributed by atoms with E-state index in [1.807, 2.05) is 19.9 Å². The minimum atomic E-state index is 0.835. The van der Waals surface area contributed by atoms with Crippen molar-refractivity contribution in [2.45, 2.75) is 13.8 Å². The summed E-state index contributed by atoms with van der Waals surface area (Å²) in [6.07, 6.45) is 1.61. The summed E-state index contributed by atoms with van der Waals surface area (Å²) in [6.45, 7) is 7.77. The van der Waals surface area contributed by atoms with Gasteiger partial charge in [-0.15, -0.1) is 0 Å². The van der Waals surface area contributed by atoms with Gasteiger partial charge in [0.2, 0.25) is 5.13 Å². The average molecular weight is 276 g/mol. The Kier molecular flexibility index (Phi) is 3.29. The standard InChI is InChI=1S/C12H16N6S/c1-9-7-11(16-10(2)15-9)17-3-5-18(6-4-17)12-13-8-14-19-12/h7-8H,3-6H2,1-2H3. The number of aromatic nitrogens is 4. The topological polar surface area (TPSA) is 58.0 Å². The van der Waals surface area contributed by atoms with Crippen LogP contribution >= 0.6 is 11.5 Å². The van der Waals surface area contributed by atoms with Crippen LogP contribution in [0.25, 0.3) is 0 Å². The van der Waals surface area contributed by atoms with Crippen molar-refractivity contribution in [3.8, 4) is 0 Å². The van der Waals surface area contributed by atoms with Crippen LogP contribution < -0.4 is 9.80 Å². The second-order valence-electron chi connectivity index (χ2n) is 4.61. The minimum Gasteiger partial charge on any atom is -0.353 e. The lowest BCUT2D eigenvalue weighted by Gasteiger charge is -2.35. The maximum Gasteiger partial charge on any atom is 0.205 e. The van der Waals surface area contributed by atoms with Crippen LogP contribution in [-0.4, -0.2) is 45.5 Å². The summed E-state index contributed by atoms with van der Waals surface area (Å²) < 4.78 is 4.05. The molecule has 0 aliphatic carbocycles. The fraction of sp³-hybridized carbons (Fsp3) is 0.500. The van der Waals surface area contributed by atoms with Gasteiger partial charge in [0.25, 0.3) is 0 Å². The molecule has 0 unspecified atom stereocenters. The Hall–Kier alpha value is -1.76. The van der Waals surface area contributed by atoms with Crippen LogP contribution in [0.3, 0.4) is 0 Å². The maximum atomic E-state index is 4.52. The quantitative estimate of drug-likeness (QED) is 0.823. The molecule has 0 atom stereocenters. The van der Waals surface area contributed by atoms with Gasteiger partial charge in [-0.25, -0.2) is 15.0 Å². The molecule has 2 aromatic heterocycles. The summed E-state index contributed by atoms with van der Waals surface area (Å²) in [4.78, 5) is 17.7. The van der Waals surface area contributed by atoms with Crippen molar-refractivity contribution in [2.24, 2.45) is 0 Å². The molecular weight excluding hydrogens is 260 g/mol. The molecular formula is C12H16N6S. The molecule has 3 heterocycles. The summed E-state index contributed by atoms with van der Waals surface area (Å²) in [5.41, 5.74) is 1.02. The van der Waals surface area contributed by atoms with Crippen molar-refractivity contribution in [2.75, 3.05) is 36.0 Å². The first kappa shape index (κ1) is 12.3. The first-order valence-electron chi connectivity index (χ1n) is 6.31. The van der Waals surface area contributed by atoms with E-state index in [1.54, 1.807) is 6.33 Å².